The molecule has 2 saturated heterocycles. The Morgan fingerprint density at radius 3 is 2.47 bits per heavy atom. The Balaban J connectivity index is 1.23. The minimum Gasteiger partial charge on any atom is -0.379 e. The largest absolute Gasteiger partial charge is 0.379 e. The molecule has 34 heavy (non-hydrogen) atoms. The molecule has 3 amide bonds. The number of carbonyl (C=O) groups excluding carboxylic acids is 3. The first kappa shape index (κ1) is 24.7. The molecule has 0 bridgehead atoms. The molecule has 10 heteroatoms. The Morgan fingerprint density at radius 1 is 1.12 bits per heavy atom. The van der Waals surface area contributed by atoms with Gasteiger partial charge in [-0.3, -0.25) is 19.3 Å². The summed E-state index contributed by atoms with van der Waals surface area (Å²) in [5.74, 6) is -0.638. The van der Waals surface area contributed by atoms with Crippen LogP contribution in [0.15, 0.2) is 29.3 Å². The fourth-order valence-corrected chi connectivity index (χ4v) is 5.43. The summed E-state index contributed by atoms with van der Waals surface area (Å²) in [5.41, 5.74) is 0.953. The SMILES string of the molecule is CC(C)(CNC(=O)c1ccc(NC(=O)CC2SC(N3CCCC3)=NC2=O)cc1)N1CCOCC1. The fourth-order valence-electron chi connectivity index (χ4n) is 4.32. The molecule has 2 fully saturated rings. The summed E-state index contributed by atoms with van der Waals surface area (Å²) in [6, 6.07) is 6.79. The maximum Gasteiger partial charge on any atom is 0.262 e. The molecule has 0 aliphatic carbocycles. The standard InChI is InChI=1S/C24H33N5O4S/c1-24(2,29-11-13-33-14-12-29)16-25-21(31)17-5-7-18(8-6-17)26-20(30)15-19-22(32)27-23(34-19)28-9-3-4-10-28/h5-8,19H,3-4,9-16H2,1-2H3,(H,25,31)(H,26,30). The Morgan fingerprint density at radius 2 is 1.79 bits per heavy atom. The number of carbonyl (C=O) groups is 3. The van der Waals surface area contributed by atoms with Crippen molar-refractivity contribution in [3.8, 4) is 0 Å². The number of ether oxygens (including phenoxy) is 1. The van der Waals surface area contributed by atoms with Crippen LogP contribution >= 0.6 is 11.8 Å². The van der Waals surface area contributed by atoms with Gasteiger partial charge in [0.1, 0.15) is 5.25 Å². The van der Waals surface area contributed by atoms with Crippen molar-refractivity contribution in [2.24, 2.45) is 4.99 Å². The normalized spacial score (nSPS) is 21.5. The lowest BCUT2D eigenvalue weighted by Gasteiger charge is -2.40. The predicted molar refractivity (Wildman–Crippen MR) is 133 cm³/mol. The van der Waals surface area contributed by atoms with Gasteiger partial charge in [0.2, 0.25) is 5.91 Å². The summed E-state index contributed by atoms with van der Waals surface area (Å²) in [6.45, 7) is 9.73. The van der Waals surface area contributed by atoms with Crippen molar-refractivity contribution < 1.29 is 19.1 Å². The number of nitrogens with one attached hydrogen (secondary N) is 2. The second-order valence-corrected chi connectivity index (χ2v) is 10.6. The smallest absolute Gasteiger partial charge is 0.262 e. The summed E-state index contributed by atoms with van der Waals surface area (Å²) < 4.78 is 5.41. The van der Waals surface area contributed by atoms with Crippen molar-refractivity contribution in [2.75, 3.05) is 51.3 Å². The molecule has 1 unspecified atom stereocenters. The van der Waals surface area contributed by atoms with E-state index in [4.69, 9.17) is 4.74 Å². The highest BCUT2D eigenvalue weighted by atomic mass is 32.2. The molecular weight excluding hydrogens is 454 g/mol. The van der Waals surface area contributed by atoms with Crippen LogP contribution in [0, 0.1) is 0 Å². The van der Waals surface area contributed by atoms with Gasteiger partial charge in [0.25, 0.3) is 11.8 Å². The lowest BCUT2D eigenvalue weighted by atomic mass is 10.0. The van der Waals surface area contributed by atoms with Crippen molar-refractivity contribution >= 4 is 40.3 Å². The Bertz CT molecular complexity index is 937. The van der Waals surface area contributed by atoms with Crippen molar-refractivity contribution in [1.82, 2.24) is 15.1 Å². The van der Waals surface area contributed by atoms with Gasteiger partial charge in [0.15, 0.2) is 5.17 Å². The zero-order valence-corrected chi connectivity index (χ0v) is 20.7. The minimum atomic E-state index is -0.476. The summed E-state index contributed by atoms with van der Waals surface area (Å²) in [7, 11) is 0. The summed E-state index contributed by atoms with van der Waals surface area (Å²) in [5, 5.41) is 6.10. The molecule has 3 aliphatic rings. The van der Waals surface area contributed by atoms with Crippen LogP contribution in [0.2, 0.25) is 0 Å². The first-order valence-electron chi connectivity index (χ1n) is 11.9. The van der Waals surface area contributed by atoms with Gasteiger partial charge in [0.05, 0.1) is 13.2 Å². The maximum absolute atomic E-state index is 12.6. The van der Waals surface area contributed by atoms with E-state index in [1.54, 1.807) is 24.3 Å². The van der Waals surface area contributed by atoms with E-state index in [1.807, 2.05) is 0 Å². The predicted octanol–water partition coefficient (Wildman–Crippen LogP) is 1.95. The molecular formula is C24H33N5O4S. The molecule has 0 saturated carbocycles. The van der Waals surface area contributed by atoms with Crippen LogP contribution < -0.4 is 10.6 Å². The molecule has 0 spiro atoms. The van der Waals surface area contributed by atoms with Gasteiger partial charge in [-0.25, -0.2) is 0 Å². The van der Waals surface area contributed by atoms with Gasteiger partial charge in [-0.05, 0) is 51.0 Å². The average Bonchev–Trinajstić information content (AvgIpc) is 3.49. The third-order valence-electron chi connectivity index (χ3n) is 6.46. The number of aliphatic imine (C=N–C) groups is 1. The van der Waals surface area contributed by atoms with Crippen LogP contribution in [0.3, 0.4) is 0 Å². The van der Waals surface area contributed by atoms with Crippen LogP contribution in [0.5, 0.6) is 0 Å². The molecule has 3 heterocycles. The lowest BCUT2D eigenvalue weighted by Crippen LogP contribution is -2.55. The van der Waals surface area contributed by atoms with Crippen molar-refractivity contribution in [3.05, 3.63) is 29.8 Å². The van der Waals surface area contributed by atoms with Gasteiger partial charge < -0.3 is 20.3 Å². The van der Waals surface area contributed by atoms with Gasteiger partial charge >= 0.3 is 0 Å². The number of hydrogen-bond donors (Lipinski definition) is 2. The number of amides is 3. The first-order chi connectivity index (χ1) is 16.3. The lowest BCUT2D eigenvalue weighted by molar-refractivity contribution is -0.121. The van der Waals surface area contributed by atoms with E-state index in [2.05, 4.69) is 39.3 Å². The van der Waals surface area contributed by atoms with Gasteiger partial charge in [0, 0.05) is 55.9 Å². The topological polar surface area (TPSA) is 103 Å². The van der Waals surface area contributed by atoms with Crippen molar-refractivity contribution in [1.29, 1.82) is 0 Å². The van der Waals surface area contributed by atoms with E-state index in [0.717, 1.165) is 44.2 Å². The van der Waals surface area contributed by atoms with Crippen molar-refractivity contribution in [3.63, 3.8) is 0 Å². The number of morpholine rings is 1. The number of hydrogen-bond acceptors (Lipinski definition) is 7. The second-order valence-electron chi connectivity index (χ2n) is 9.46. The molecule has 4 rings (SSSR count). The minimum absolute atomic E-state index is 0.0726. The molecule has 0 radical (unpaired) electrons. The number of rotatable bonds is 7. The zero-order valence-electron chi connectivity index (χ0n) is 19.8. The Hall–Kier alpha value is -2.43. The van der Waals surface area contributed by atoms with Crippen LogP contribution in [-0.4, -0.2) is 89.4 Å². The van der Waals surface area contributed by atoms with Gasteiger partial charge in [-0.1, -0.05) is 11.8 Å². The molecule has 1 aromatic carbocycles. The number of anilines is 1. The number of likely N-dealkylation sites (tertiary alicyclic amines) is 1. The van der Waals surface area contributed by atoms with E-state index < -0.39 is 5.25 Å². The highest BCUT2D eigenvalue weighted by molar-refractivity contribution is 8.15. The quantitative estimate of drug-likeness (QED) is 0.606. The van der Waals surface area contributed by atoms with E-state index >= 15 is 0 Å². The average molecular weight is 488 g/mol. The molecule has 1 atom stereocenters. The zero-order chi connectivity index (χ0) is 24.1. The molecule has 2 N–H and O–H groups in total. The van der Waals surface area contributed by atoms with Crippen LogP contribution in [0.4, 0.5) is 5.69 Å². The Labute approximate surface area is 204 Å². The summed E-state index contributed by atoms with van der Waals surface area (Å²) >= 11 is 1.38. The fraction of sp³-hybridized carbons (Fsp3) is 0.583. The monoisotopic (exact) mass is 487 g/mol. The molecule has 184 valence electrons. The maximum atomic E-state index is 12.6. The summed E-state index contributed by atoms with van der Waals surface area (Å²) in [4.78, 5) is 45.9. The number of nitrogens with zero attached hydrogens (tertiary/aromatic N) is 3. The number of benzene rings is 1. The van der Waals surface area contributed by atoms with E-state index in [0.29, 0.717) is 31.0 Å². The molecule has 9 nitrogen and oxygen atoms in total. The van der Waals surface area contributed by atoms with Gasteiger partial charge in [-0.2, -0.15) is 4.99 Å². The van der Waals surface area contributed by atoms with Crippen LogP contribution in [-0.2, 0) is 14.3 Å². The highest BCUT2D eigenvalue weighted by Crippen LogP contribution is 2.29. The van der Waals surface area contributed by atoms with E-state index in [-0.39, 0.29) is 29.7 Å². The van der Waals surface area contributed by atoms with E-state index in [9.17, 15) is 14.4 Å². The van der Waals surface area contributed by atoms with E-state index in [1.165, 1.54) is 11.8 Å². The summed E-state index contributed by atoms with van der Waals surface area (Å²) in [6.07, 6.45) is 2.29. The van der Waals surface area contributed by atoms with Crippen LogP contribution in [0.1, 0.15) is 43.5 Å². The van der Waals surface area contributed by atoms with Gasteiger partial charge in [-0.15, -0.1) is 0 Å². The molecule has 0 aromatic heterocycles. The molecule has 3 aliphatic heterocycles. The molecule has 1 aromatic rings. The number of thioether (sulfide) groups is 1. The highest BCUT2D eigenvalue weighted by Gasteiger charge is 2.34. The third kappa shape index (κ3) is 6.17. The third-order valence-corrected chi connectivity index (χ3v) is 7.67. The Kier molecular flexibility index (Phi) is 7.90. The number of amidine groups is 1. The first-order valence-corrected chi connectivity index (χ1v) is 12.7. The second kappa shape index (κ2) is 10.9. The van der Waals surface area contributed by atoms with Crippen LogP contribution in [0.25, 0.3) is 0 Å². The van der Waals surface area contributed by atoms with Crippen molar-refractivity contribution in [2.45, 2.75) is 43.9 Å².